The molecule has 0 bridgehead atoms. The third kappa shape index (κ3) is 6.46. The Balaban J connectivity index is 1.80. The molecule has 5 nitrogen and oxygen atoms in total. The first kappa shape index (κ1) is 19.9. The second-order valence-electron chi connectivity index (χ2n) is 6.21. The van der Waals surface area contributed by atoms with E-state index in [-0.39, 0.29) is 30.9 Å². The molecule has 0 aliphatic heterocycles. The van der Waals surface area contributed by atoms with Gasteiger partial charge in [0.25, 0.3) is 11.8 Å². The maximum Gasteiger partial charge on any atom is 0.279 e. The van der Waals surface area contributed by atoms with E-state index < -0.39 is 5.82 Å². The minimum atomic E-state index is -0.419. The van der Waals surface area contributed by atoms with Crippen LogP contribution in [0, 0.1) is 5.82 Å². The maximum atomic E-state index is 13.1. The highest BCUT2D eigenvalue weighted by molar-refractivity contribution is 6.30. The van der Waals surface area contributed by atoms with Gasteiger partial charge in [0.2, 0.25) is 0 Å². The summed E-state index contributed by atoms with van der Waals surface area (Å²) in [6.45, 7) is 2.10. The van der Waals surface area contributed by atoms with E-state index in [1.807, 2.05) is 19.1 Å². The molecule has 2 atom stereocenters. The molecule has 3 N–H and O–H groups in total. The summed E-state index contributed by atoms with van der Waals surface area (Å²) in [4.78, 5) is 24.9. The zero-order valence-electron chi connectivity index (χ0n) is 14.7. The van der Waals surface area contributed by atoms with Gasteiger partial charge >= 0.3 is 0 Å². The van der Waals surface area contributed by atoms with Crippen molar-refractivity contribution in [2.75, 3.05) is 25.5 Å². The summed E-state index contributed by atoms with van der Waals surface area (Å²) < 4.78 is 13.1. The zero-order valence-corrected chi connectivity index (χ0v) is 15.4. The summed E-state index contributed by atoms with van der Waals surface area (Å²) in [5, 5.41) is 6.11. The molecule has 0 saturated heterocycles. The van der Waals surface area contributed by atoms with Crippen LogP contribution in [0.15, 0.2) is 48.5 Å². The van der Waals surface area contributed by atoms with Crippen molar-refractivity contribution in [3.05, 3.63) is 64.9 Å². The lowest BCUT2D eigenvalue weighted by Gasteiger charge is -2.17. The van der Waals surface area contributed by atoms with Crippen molar-refractivity contribution in [2.45, 2.75) is 13.0 Å². The number of carbonyl (C=O) groups is 2. The molecule has 0 aliphatic carbocycles. The van der Waals surface area contributed by atoms with Gasteiger partial charge in [-0.15, -0.1) is 0 Å². The van der Waals surface area contributed by atoms with Crippen molar-refractivity contribution in [2.24, 2.45) is 0 Å². The van der Waals surface area contributed by atoms with Crippen LogP contribution in [0.4, 0.5) is 10.1 Å². The smallest absolute Gasteiger partial charge is 0.279 e. The van der Waals surface area contributed by atoms with Gasteiger partial charge in [-0.25, -0.2) is 4.39 Å². The SMILES string of the molecule is C[C@@H](NC(=O)C[NH+](C)CC(=O)Nc1cccc(F)c1)c1cccc(Cl)c1. The maximum absolute atomic E-state index is 13.1. The van der Waals surface area contributed by atoms with Crippen molar-refractivity contribution >= 4 is 29.1 Å². The molecule has 2 aromatic carbocycles. The average molecular weight is 379 g/mol. The molecular weight excluding hydrogens is 357 g/mol. The van der Waals surface area contributed by atoms with E-state index in [1.54, 1.807) is 25.2 Å². The number of hydrogen-bond donors (Lipinski definition) is 3. The summed E-state index contributed by atoms with van der Waals surface area (Å²) in [7, 11) is 1.74. The molecule has 0 heterocycles. The molecule has 26 heavy (non-hydrogen) atoms. The van der Waals surface area contributed by atoms with Gasteiger partial charge in [0.15, 0.2) is 13.1 Å². The predicted molar refractivity (Wildman–Crippen MR) is 99.7 cm³/mol. The minimum Gasteiger partial charge on any atom is -0.345 e. The molecule has 0 saturated carbocycles. The lowest BCUT2D eigenvalue weighted by molar-refractivity contribution is -0.862. The molecule has 0 aromatic heterocycles. The fourth-order valence-corrected chi connectivity index (χ4v) is 2.73. The van der Waals surface area contributed by atoms with Crippen molar-refractivity contribution in [1.29, 1.82) is 0 Å². The number of anilines is 1. The summed E-state index contributed by atoms with van der Waals surface area (Å²) in [5.41, 5.74) is 1.30. The molecule has 0 aliphatic rings. The van der Waals surface area contributed by atoms with Crippen LogP contribution in [0.25, 0.3) is 0 Å². The lowest BCUT2D eigenvalue weighted by atomic mass is 10.1. The number of carbonyl (C=O) groups excluding carboxylic acids is 2. The van der Waals surface area contributed by atoms with Crippen LogP contribution in [-0.2, 0) is 9.59 Å². The van der Waals surface area contributed by atoms with E-state index >= 15 is 0 Å². The topological polar surface area (TPSA) is 62.6 Å². The Hall–Kier alpha value is -2.44. The summed E-state index contributed by atoms with van der Waals surface area (Å²) in [6, 6.07) is 12.8. The largest absolute Gasteiger partial charge is 0.345 e. The highest BCUT2D eigenvalue weighted by atomic mass is 35.5. The number of nitrogens with one attached hydrogen (secondary N) is 3. The Bertz CT molecular complexity index is 785. The molecule has 7 heteroatoms. The van der Waals surface area contributed by atoms with Gasteiger partial charge in [0.05, 0.1) is 13.1 Å². The Kier molecular flexibility index (Phi) is 7.12. The lowest BCUT2D eigenvalue weighted by Crippen LogP contribution is -3.11. The second-order valence-corrected chi connectivity index (χ2v) is 6.65. The number of benzene rings is 2. The second kappa shape index (κ2) is 9.31. The highest BCUT2D eigenvalue weighted by Gasteiger charge is 2.16. The molecule has 1 unspecified atom stereocenters. The zero-order chi connectivity index (χ0) is 19.1. The van der Waals surface area contributed by atoms with Crippen molar-refractivity contribution in [3.63, 3.8) is 0 Å². The van der Waals surface area contributed by atoms with E-state index in [0.717, 1.165) is 10.5 Å². The van der Waals surface area contributed by atoms with Crippen LogP contribution in [0.1, 0.15) is 18.5 Å². The standard InChI is InChI=1S/C19H21ClFN3O2/c1-13(14-5-3-6-15(20)9-14)22-18(25)11-24(2)12-19(26)23-17-8-4-7-16(21)10-17/h3-10,13H,11-12H2,1-2H3,(H,22,25)(H,23,26)/p+1/t13-/m1/s1. The number of amides is 2. The Morgan fingerprint density at radius 3 is 2.50 bits per heavy atom. The normalized spacial score (nSPS) is 12.9. The van der Waals surface area contributed by atoms with Crippen LogP contribution < -0.4 is 15.5 Å². The van der Waals surface area contributed by atoms with Gasteiger partial charge in [-0.05, 0) is 42.8 Å². The average Bonchev–Trinajstić information content (AvgIpc) is 2.54. The number of halogens is 2. The highest BCUT2D eigenvalue weighted by Crippen LogP contribution is 2.17. The van der Waals surface area contributed by atoms with Gasteiger partial charge in [-0.3, -0.25) is 9.59 Å². The van der Waals surface area contributed by atoms with E-state index in [1.165, 1.54) is 18.2 Å². The molecule has 2 amide bonds. The Labute approximate surface area is 157 Å². The summed E-state index contributed by atoms with van der Waals surface area (Å²) >= 11 is 5.96. The molecule has 0 spiro atoms. The molecule has 138 valence electrons. The first-order chi connectivity index (χ1) is 12.3. The van der Waals surface area contributed by atoms with E-state index in [0.29, 0.717) is 10.7 Å². The number of likely N-dealkylation sites (N-methyl/N-ethyl adjacent to an activating group) is 1. The van der Waals surface area contributed by atoms with Crippen molar-refractivity contribution in [3.8, 4) is 0 Å². The van der Waals surface area contributed by atoms with Gasteiger partial charge < -0.3 is 15.5 Å². The fraction of sp³-hybridized carbons (Fsp3) is 0.263. The molecular formula is C19H22ClFN3O2+. The van der Waals surface area contributed by atoms with Crippen LogP contribution >= 0.6 is 11.6 Å². The first-order valence-corrected chi connectivity index (χ1v) is 8.63. The van der Waals surface area contributed by atoms with Crippen molar-refractivity contribution in [1.82, 2.24) is 5.32 Å². The van der Waals surface area contributed by atoms with E-state index in [9.17, 15) is 14.0 Å². The van der Waals surface area contributed by atoms with Crippen molar-refractivity contribution < 1.29 is 18.9 Å². The summed E-state index contributed by atoms with van der Waals surface area (Å²) in [6.07, 6.45) is 0. The quantitative estimate of drug-likeness (QED) is 0.688. The van der Waals surface area contributed by atoms with Gasteiger partial charge in [0, 0.05) is 10.7 Å². The minimum absolute atomic E-state index is 0.0927. The first-order valence-electron chi connectivity index (χ1n) is 8.25. The number of quaternary nitrogens is 1. The molecule has 2 aromatic rings. The van der Waals surface area contributed by atoms with Gasteiger partial charge in [-0.1, -0.05) is 29.8 Å². The summed E-state index contributed by atoms with van der Waals surface area (Å²) in [5.74, 6) is -0.879. The molecule has 2 rings (SSSR count). The van der Waals surface area contributed by atoms with E-state index in [4.69, 9.17) is 11.6 Å². The Morgan fingerprint density at radius 2 is 1.81 bits per heavy atom. The van der Waals surface area contributed by atoms with Crippen LogP contribution in [0.5, 0.6) is 0 Å². The van der Waals surface area contributed by atoms with Crippen LogP contribution in [-0.4, -0.2) is 32.0 Å². The van der Waals surface area contributed by atoms with Crippen LogP contribution in [0.3, 0.4) is 0 Å². The molecule has 0 fully saturated rings. The number of rotatable bonds is 7. The fourth-order valence-electron chi connectivity index (χ4n) is 2.53. The third-order valence-electron chi connectivity index (χ3n) is 3.76. The number of hydrogen-bond acceptors (Lipinski definition) is 2. The monoisotopic (exact) mass is 378 g/mol. The third-order valence-corrected chi connectivity index (χ3v) is 3.99. The van der Waals surface area contributed by atoms with Gasteiger partial charge in [0.1, 0.15) is 5.82 Å². The van der Waals surface area contributed by atoms with Crippen LogP contribution in [0.2, 0.25) is 5.02 Å². The Morgan fingerprint density at radius 1 is 1.12 bits per heavy atom. The predicted octanol–water partition coefficient (Wildman–Crippen LogP) is 1.81. The van der Waals surface area contributed by atoms with Gasteiger partial charge in [-0.2, -0.15) is 0 Å². The molecule has 0 radical (unpaired) electrons. The van der Waals surface area contributed by atoms with E-state index in [2.05, 4.69) is 10.6 Å².